The van der Waals surface area contributed by atoms with Crippen LogP contribution >= 0.6 is 15.9 Å². The third-order valence-corrected chi connectivity index (χ3v) is 3.80. The lowest BCUT2D eigenvalue weighted by atomic mass is 10.1. The molecule has 0 spiro atoms. The number of hydrogen-bond donors (Lipinski definition) is 0. The van der Waals surface area contributed by atoms with Gasteiger partial charge >= 0.3 is 0 Å². The number of carbonyl (C=O) groups excluding carboxylic acids is 1. The molecule has 1 unspecified atom stereocenters. The number of benzene rings is 2. The number of carbonyl (C=O) groups is 1. The van der Waals surface area contributed by atoms with E-state index in [0.29, 0.717) is 17.2 Å². The van der Waals surface area contributed by atoms with Crippen LogP contribution < -0.4 is 4.74 Å². The highest BCUT2D eigenvalue weighted by molar-refractivity contribution is 9.10. The quantitative estimate of drug-likeness (QED) is 0.629. The highest BCUT2D eigenvalue weighted by Crippen LogP contribution is 2.21. The molecule has 0 fully saturated rings. The van der Waals surface area contributed by atoms with Crippen LogP contribution in [0.15, 0.2) is 63.8 Å². The van der Waals surface area contributed by atoms with Crippen molar-refractivity contribution in [3.63, 3.8) is 0 Å². The summed E-state index contributed by atoms with van der Waals surface area (Å²) in [7, 11) is 0. The molecule has 2 aromatic carbocycles. The van der Waals surface area contributed by atoms with Crippen LogP contribution in [-0.4, -0.2) is 22.1 Å². The zero-order chi connectivity index (χ0) is 16.2. The van der Waals surface area contributed by atoms with Crippen LogP contribution in [0.1, 0.15) is 17.3 Å². The van der Waals surface area contributed by atoms with Gasteiger partial charge in [-0.15, -0.1) is 10.2 Å². The van der Waals surface area contributed by atoms with E-state index in [4.69, 9.17) is 9.15 Å². The van der Waals surface area contributed by atoms with Crippen LogP contribution in [0.5, 0.6) is 5.75 Å². The maximum absolute atomic E-state index is 12.3. The molecule has 1 heterocycles. The van der Waals surface area contributed by atoms with E-state index in [-0.39, 0.29) is 5.78 Å². The third kappa shape index (κ3) is 3.65. The fourth-order valence-corrected chi connectivity index (χ4v) is 2.35. The molecule has 0 radical (unpaired) electrons. The number of Topliss-reactive ketones (excluding diaryl/α,β-unsaturated/α-hetero) is 1. The van der Waals surface area contributed by atoms with Crippen molar-refractivity contribution in [3.05, 3.63) is 65.0 Å². The first-order chi connectivity index (χ1) is 11.1. The first-order valence-electron chi connectivity index (χ1n) is 6.96. The van der Waals surface area contributed by atoms with Crippen molar-refractivity contribution in [2.45, 2.75) is 13.0 Å². The molecule has 3 rings (SSSR count). The molecule has 0 aliphatic heterocycles. The summed E-state index contributed by atoms with van der Waals surface area (Å²) in [6, 6.07) is 14.4. The fourth-order valence-electron chi connectivity index (χ4n) is 2.08. The summed E-state index contributed by atoms with van der Waals surface area (Å²) in [6.07, 6.45) is 0.698. The Labute approximate surface area is 141 Å². The van der Waals surface area contributed by atoms with E-state index >= 15 is 0 Å². The van der Waals surface area contributed by atoms with Crippen LogP contribution in [0.25, 0.3) is 11.5 Å². The van der Waals surface area contributed by atoms with Gasteiger partial charge in [0.05, 0.1) is 0 Å². The summed E-state index contributed by atoms with van der Waals surface area (Å²) in [6.45, 7) is 1.73. The van der Waals surface area contributed by atoms with E-state index in [1.807, 2.05) is 12.1 Å². The van der Waals surface area contributed by atoms with Gasteiger partial charge in [0.15, 0.2) is 6.10 Å². The van der Waals surface area contributed by atoms with Crippen LogP contribution in [0, 0.1) is 0 Å². The Bertz CT molecular complexity index is 784. The monoisotopic (exact) mass is 372 g/mol. The Balaban J connectivity index is 1.68. The van der Waals surface area contributed by atoms with E-state index in [0.717, 1.165) is 10.0 Å². The summed E-state index contributed by atoms with van der Waals surface area (Å²) >= 11 is 3.35. The Kier molecular flexibility index (Phi) is 4.52. The predicted molar refractivity (Wildman–Crippen MR) is 88.3 cm³/mol. The van der Waals surface area contributed by atoms with Crippen molar-refractivity contribution < 1.29 is 13.9 Å². The molecule has 0 saturated carbocycles. The van der Waals surface area contributed by atoms with Crippen LogP contribution in [0.4, 0.5) is 0 Å². The van der Waals surface area contributed by atoms with Crippen molar-refractivity contribution in [3.8, 4) is 17.2 Å². The van der Waals surface area contributed by atoms with E-state index in [2.05, 4.69) is 26.1 Å². The average Bonchev–Trinajstić information content (AvgIpc) is 3.10. The Hall–Kier alpha value is -2.47. The second-order valence-corrected chi connectivity index (χ2v) is 5.82. The van der Waals surface area contributed by atoms with Crippen molar-refractivity contribution in [2.75, 3.05) is 0 Å². The molecular formula is C17H13BrN2O3. The largest absolute Gasteiger partial charge is 0.483 e. The van der Waals surface area contributed by atoms with E-state index in [1.54, 1.807) is 43.3 Å². The second kappa shape index (κ2) is 6.75. The summed E-state index contributed by atoms with van der Waals surface area (Å²) < 4.78 is 11.8. The molecule has 23 heavy (non-hydrogen) atoms. The molecule has 1 atom stereocenters. The van der Waals surface area contributed by atoms with Crippen molar-refractivity contribution in [1.82, 2.24) is 10.2 Å². The lowest BCUT2D eigenvalue weighted by Crippen LogP contribution is -2.23. The Morgan fingerprint density at radius 2 is 1.83 bits per heavy atom. The molecule has 1 aromatic heterocycles. The van der Waals surface area contributed by atoms with Crippen molar-refractivity contribution in [1.29, 1.82) is 0 Å². The Morgan fingerprint density at radius 3 is 2.43 bits per heavy atom. The van der Waals surface area contributed by atoms with E-state index in [9.17, 15) is 4.79 Å². The van der Waals surface area contributed by atoms with Crippen molar-refractivity contribution >= 4 is 21.7 Å². The SMILES string of the molecule is CC(Oc1ccc(-c2nnco2)cc1)C(=O)c1ccc(Br)cc1. The minimum atomic E-state index is -0.578. The van der Waals surface area contributed by atoms with Crippen LogP contribution in [-0.2, 0) is 0 Å². The van der Waals surface area contributed by atoms with Gasteiger partial charge < -0.3 is 9.15 Å². The zero-order valence-corrected chi connectivity index (χ0v) is 13.9. The normalized spacial score (nSPS) is 11.9. The van der Waals surface area contributed by atoms with Gasteiger partial charge in [-0.3, -0.25) is 4.79 Å². The molecule has 0 saturated heterocycles. The highest BCUT2D eigenvalue weighted by atomic mass is 79.9. The highest BCUT2D eigenvalue weighted by Gasteiger charge is 2.17. The lowest BCUT2D eigenvalue weighted by molar-refractivity contribution is 0.0818. The fraction of sp³-hybridized carbons (Fsp3) is 0.118. The summed E-state index contributed by atoms with van der Waals surface area (Å²) in [4.78, 5) is 12.3. The molecular weight excluding hydrogens is 360 g/mol. The molecule has 0 aliphatic rings. The van der Waals surface area contributed by atoms with Gasteiger partial charge in [-0.1, -0.05) is 28.1 Å². The summed E-state index contributed by atoms with van der Waals surface area (Å²) in [5, 5.41) is 7.47. The first-order valence-corrected chi connectivity index (χ1v) is 7.76. The van der Waals surface area contributed by atoms with Gasteiger partial charge in [-0.2, -0.15) is 0 Å². The van der Waals surface area contributed by atoms with Gasteiger partial charge in [-0.05, 0) is 43.3 Å². The summed E-state index contributed by atoms with van der Waals surface area (Å²) in [5.74, 6) is 0.972. The second-order valence-electron chi connectivity index (χ2n) is 4.90. The lowest BCUT2D eigenvalue weighted by Gasteiger charge is -2.14. The standard InChI is InChI=1S/C17H13BrN2O3/c1-11(16(21)12-2-6-14(18)7-3-12)23-15-8-4-13(5-9-15)17-20-19-10-22-17/h2-11H,1H3. The average molecular weight is 373 g/mol. The van der Waals surface area contributed by atoms with E-state index in [1.165, 1.54) is 6.39 Å². The van der Waals surface area contributed by atoms with Gasteiger partial charge in [0.1, 0.15) is 5.75 Å². The smallest absolute Gasteiger partial charge is 0.247 e. The molecule has 0 amide bonds. The molecule has 116 valence electrons. The van der Waals surface area contributed by atoms with Crippen LogP contribution in [0.3, 0.4) is 0 Å². The zero-order valence-electron chi connectivity index (χ0n) is 12.3. The molecule has 0 aliphatic carbocycles. The van der Waals surface area contributed by atoms with E-state index < -0.39 is 6.10 Å². The summed E-state index contributed by atoms with van der Waals surface area (Å²) in [5.41, 5.74) is 1.41. The molecule has 0 bridgehead atoms. The maximum Gasteiger partial charge on any atom is 0.247 e. The van der Waals surface area contributed by atoms with Crippen LogP contribution in [0.2, 0.25) is 0 Å². The predicted octanol–water partition coefficient (Wildman–Crippen LogP) is 4.15. The number of nitrogens with zero attached hydrogens (tertiary/aromatic N) is 2. The number of hydrogen-bond acceptors (Lipinski definition) is 5. The minimum absolute atomic E-state index is 0.0709. The number of rotatable bonds is 5. The maximum atomic E-state index is 12.3. The van der Waals surface area contributed by atoms with Gasteiger partial charge in [0.25, 0.3) is 0 Å². The number of halogens is 1. The molecule has 3 aromatic rings. The number of ketones is 1. The Morgan fingerprint density at radius 1 is 1.13 bits per heavy atom. The van der Waals surface area contributed by atoms with Gasteiger partial charge in [-0.25, -0.2) is 0 Å². The molecule has 6 heteroatoms. The molecule has 5 nitrogen and oxygen atoms in total. The van der Waals surface area contributed by atoms with Crippen molar-refractivity contribution in [2.24, 2.45) is 0 Å². The molecule has 0 N–H and O–H groups in total. The minimum Gasteiger partial charge on any atom is -0.483 e. The topological polar surface area (TPSA) is 65.2 Å². The van der Waals surface area contributed by atoms with Gasteiger partial charge in [0, 0.05) is 15.6 Å². The first kappa shape index (κ1) is 15.4. The number of aromatic nitrogens is 2. The third-order valence-electron chi connectivity index (χ3n) is 3.27. The number of ether oxygens (including phenoxy) is 1. The van der Waals surface area contributed by atoms with Gasteiger partial charge in [0.2, 0.25) is 18.1 Å².